The van der Waals surface area contributed by atoms with Crippen molar-refractivity contribution in [3.63, 3.8) is 0 Å². The predicted molar refractivity (Wildman–Crippen MR) is 49.4 cm³/mol. The number of nitrogens with one attached hydrogen (secondary N) is 1. The molecule has 0 spiro atoms. The van der Waals surface area contributed by atoms with Crippen LogP contribution in [-0.4, -0.2) is 10.1 Å². The van der Waals surface area contributed by atoms with Crippen LogP contribution in [0, 0.1) is 6.92 Å². The minimum absolute atomic E-state index is 0.0797. The number of alkyl halides is 3. The largest absolute Gasteiger partial charge is 0.437 e. The minimum Gasteiger partial charge on any atom is -0.335 e. The van der Waals surface area contributed by atoms with Crippen LogP contribution < -0.4 is 11.3 Å². The SMILES string of the molecule is Cc1cc(NN)c2c(C(F)(F)F)noc2n1. The number of rotatable bonds is 1. The summed E-state index contributed by atoms with van der Waals surface area (Å²) in [6.07, 6.45) is -4.60. The normalized spacial score (nSPS) is 12.1. The van der Waals surface area contributed by atoms with E-state index in [1.54, 1.807) is 6.92 Å². The summed E-state index contributed by atoms with van der Waals surface area (Å²) in [5.74, 6) is 5.14. The van der Waals surface area contributed by atoms with Crippen LogP contribution >= 0.6 is 0 Å². The van der Waals surface area contributed by atoms with Gasteiger partial charge in [0.15, 0.2) is 5.69 Å². The molecule has 0 unspecified atom stereocenters. The van der Waals surface area contributed by atoms with E-state index in [4.69, 9.17) is 5.84 Å². The lowest BCUT2D eigenvalue weighted by Gasteiger charge is -2.05. The molecule has 0 radical (unpaired) electrons. The van der Waals surface area contributed by atoms with Crippen molar-refractivity contribution in [1.29, 1.82) is 0 Å². The lowest BCUT2D eigenvalue weighted by molar-refractivity contribution is -0.141. The fourth-order valence-corrected chi connectivity index (χ4v) is 1.38. The van der Waals surface area contributed by atoms with Gasteiger partial charge in [-0.25, -0.2) is 4.98 Å². The fourth-order valence-electron chi connectivity index (χ4n) is 1.38. The number of hydrazine groups is 1. The van der Waals surface area contributed by atoms with Gasteiger partial charge >= 0.3 is 6.18 Å². The van der Waals surface area contributed by atoms with Gasteiger partial charge in [0, 0.05) is 5.69 Å². The predicted octanol–water partition coefficient (Wildman–Crippen LogP) is 1.84. The number of hydrogen-bond donors (Lipinski definition) is 2. The molecule has 8 heteroatoms. The van der Waals surface area contributed by atoms with Crippen molar-refractivity contribution in [3.05, 3.63) is 17.5 Å². The summed E-state index contributed by atoms with van der Waals surface area (Å²) in [7, 11) is 0. The first-order valence-electron chi connectivity index (χ1n) is 4.24. The quantitative estimate of drug-likeness (QED) is 0.579. The Kier molecular flexibility index (Phi) is 2.23. The zero-order valence-corrected chi connectivity index (χ0v) is 8.09. The Morgan fingerprint density at radius 2 is 2.12 bits per heavy atom. The molecule has 0 saturated carbocycles. The molecule has 5 nitrogen and oxygen atoms in total. The van der Waals surface area contributed by atoms with Crippen LogP contribution in [0.5, 0.6) is 0 Å². The molecule has 16 heavy (non-hydrogen) atoms. The van der Waals surface area contributed by atoms with Gasteiger partial charge in [0.05, 0.1) is 11.1 Å². The molecule has 0 aliphatic heterocycles. The molecular formula is C8H7F3N4O. The van der Waals surface area contributed by atoms with E-state index in [9.17, 15) is 13.2 Å². The highest BCUT2D eigenvalue weighted by atomic mass is 19.4. The summed E-state index contributed by atoms with van der Waals surface area (Å²) < 4.78 is 42.2. The number of nitrogens with two attached hydrogens (primary N) is 1. The zero-order chi connectivity index (χ0) is 11.9. The Morgan fingerprint density at radius 1 is 1.44 bits per heavy atom. The van der Waals surface area contributed by atoms with Crippen LogP contribution in [-0.2, 0) is 6.18 Å². The number of pyridine rings is 1. The number of hydrogen-bond acceptors (Lipinski definition) is 5. The van der Waals surface area contributed by atoms with Crippen LogP contribution in [0.1, 0.15) is 11.4 Å². The molecule has 0 fully saturated rings. The Labute approximate surface area is 87.4 Å². The van der Waals surface area contributed by atoms with Crippen molar-refractivity contribution in [2.75, 3.05) is 5.43 Å². The third-order valence-corrected chi connectivity index (χ3v) is 2.00. The van der Waals surface area contributed by atoms with Crippen molar-refractivity contribution in [3.8, 4) is 0 Å². The molecule has 2 aromatic rings. The standard InChI is InChI=1S/C8H7F3N4O/c1-3-2-4(14-12)5-6(8(9,10)11)15-16-7(5)13-3/h2H,12H2,1H3,(H,13,14). The van der Waals surface area contributed by atoms with Gasteiger partial charge in [-0.1, -0.05) is 5.16 Å². The van der Waals surface area contributed by atoms with Crippen LogP contribution in [0.2, 0.25) is 0 Å². The number of fused-ring (bicyclic) bond motifs is 1. The summed E-state index contributed by atoms with van der Waals surface area (Å²) in [6.45, 7) is 1.61. The van der Waals surface area contributed by atoms with E-state index in [1.807, 2.05) is 0 Å². The molecule has 2 rings (SSSR count). The summed E-state index contributed by atoms with van der Waals surface area (Å²) in [4.78, 5) is 3.79. The smallest absolute Gasteiger partial charge is 0.335 e. The summed E-state index contributed by atoms with van der Waals surface area (Å²) in [5, 5.41) is 2.69. The fraction of sp³-hybridized carbons (Fsp3) is 0.250. The monoisotopic (exact) mass is 232 g/mol. The van der Waals surface area contributed by atoms with Crippen LogP contribution in [0.4, 0.5) is 18.9 Å². The minimum atomic E-state index is -4.60. The van der Waals surface area contributed by atoms with E-state index < -0.39 is 11.9 Å². The van der Waals surface area contributed by atoms with E-state index in [0.29, 0.717) is 5.69 Å². The highest BCUT2D eigenvalue weighted by molar-refractivity contribution is 5.90. The van der Waals surface area contributed by atoms with Gasteiger partial charge in [0.2, 0.25) is 0 Å². The maximum absolute atomic E-state index is 12.5. The Balaban J connectivity index is 2.80. The summed E-state index contributed by atoms with van der Waals surface area (Å²) in [5.41, 5.74) is 1.40. The van der Waals surface area contributed by atoms with Crippen LogP contribution in [0.25, 0.3) is 11.1 Å². The molecule has 0 aliphatic rings. The van der Waals surface area contributed by atoms with Gasteiger partial charge in [-0.15, -0.1) is 0 Å². The van der Waals surface area contributed by atoms with Crippen LogP contribution in [0.3, 0.4) is 0 Å². The van der Waals surface area contributed by atoms with Crippen molar-refractivity contribution < 1.29 is 17.7 Å². The van der Waals surface area contributed by atoms with Crippen molar-refractivity contribution in [2.45, 2.75) is 13.1 Å². The Bertz CT molecular complexity index is 534. The highest BCUT2D eigenvalue weighted by Gasteiger charge is 2.38. The molecule has 86 valence electrons. The zero-order valence-electron chi connectivity index (χ0n) is 8.09. The van der Waals surface area contributed by atoms with Gasteiger partial charge in [-0.2, -0.15) is 13.2 Å². The van der Waals surface area contributed by atoms with Gasteiger partial charge in [-0.05, 0) is 13.0 Å². The average molecular weight is 232 g/mol. The number of anilines is 1. The number of aromatic nitrogens is 2. The average Bonchev–Trinajstić information content (AvgIpc) is 2.59. The number of aryl methyl sites for hydroxylation is 1. The molecule has 2 heterocycles. The molecular weight excluding hydrogens is 225 g/mol. The van der Waals surface area contributed by atoms with Gasteiger partial charge in [0.25, 0.3) is 5.71 Å². The summed E-state index contributed by atoms with van der Waals surface area (Å²) >= 11 is 0. The molecule has 0 aromatic carbocycles. The first-order chi connectivity index (χ1) is 7.43. The number of nitrogen functional groups attached to an aromatic ring is 1. The second kappa shape index (κ2) is 3.34. The first-order valence-corrected chi connectivity index (χ1v) is 4.24. The van der Waals surface area contributed by atoms with E-state index in [-0.39, 0.29) is 16.8 Å². The van der Waals surface area contributed by atoms with E-state index in [2.05, 4.69) is 20.1 Å². The van der Waals surface area contributed by atoms with Gasteiger partial charge in [0.1, 0.15) is 0 Å². The van der Waals surface area contributed by atoms with E-state index in [1.165, 1.54) is 6.07 Å². The molecule has 3 N–H and O–H groups in total. The second-order valence-electron chi connectivity index (χ2n) is 3.16. The number of nitrogens with zero attached hydrogens (tertiary/aromatic N) is 2. The highest BCUT2D eigenvalue weighted by Crippen LogP contribution is 2.36. The molecule has 0 amide bonds. The molecule has 0 atom stereocenters. The van der Waals surface area contributed by atoms with E-state index >= 15 is 0 Å². The van der Waals surface area contributed by atoms with Crippen molar-refractivity contribution in [1.82, 2.24) is 10.1 Å². The van der Waals surface area contributed by atoms with Gasteiger partial charge in [-0.3, -0.25) is 5.84 Å². The Morgan fingerprint density at radius 3 is 2.69 bits per heavy atom. The van der Waals surface area contributed by atoms with E-state index in [0.717, 1.165) is 0 Å². The van der Waals surface area contributed by atoms with Crippen molar-refractivity contribution >= 4 is 16.8 Å². The van der Waals surface area contributed by atoms with Crippen molar-refractivity contribution in [2.24, 2.45) is 5.84 Å². The number of halogens is 3. The van der Waals surface area contributed by atoms with Crippen LogP contribution in [0.15, 0.2) is 10.6 Å². The second-order valence-corrected chi connectivity index (χ2v) is 3.16. The lowest BCUT2D eigenvalue weighted by atomic mass is 10.2. The third kappa shape index (κ3) is 1.56. The molecule has 0 saturated heterocycles. The molecule has 0 bridgehead atoms. The summed E-state index contributed by atoms with van der Waals surface area (Å²) in [6, 6.07) is 1.38. The molecule has 2 aromatic heterocycles. The topological polar surface area (TPSA) is 77.0 Å². The third-order valence-electron chi connectivity index (χ3n) is 2.00. The maximum atomic E-state index is 12.5. The Hall–Kier alpha value is -1.83. The first kappa shape index (κ1) is 10.7. The van der Waals surface area contributed by atoms with Gasteiger partial charge < -0.3 is 9.95 Å². The molecule has 0 aliphatic carbocycles. The lowest BCUT2D eigenvalue weighted by Crippen LogP contribution is -2.11. The maximum Gasteiger partial charge on any atom is 0.437 e.